The van der Waals surface area contributed by atoms with Crippen LogP contribution in [0.25, 0.3) is 0 Å². The third kappa shape index (κ3) is 3.12. The van der Waals surface area contributed by atoms with E-state index >= 15 is 0 Å². The molecule has 94 valence electrons. The number of aryl methyl sites for hydroxylation is 1. The highest BCUT2D eigenvalue weighted by atomic mass is 35.5. The fourth-order valence-electron chi connectivity index (χ4n) is 1.74. The zero-order valence-electron chi connectivity index (χ0n) is 10.0. The first-order valence-electron chi connectivity index (χ1n) is 5.55. The van der Waals surface area contributed by atoms with E-state index in [9.17, 15) is 4.21 Å². The molecular formula is C14H14ClNOS. The lowest BCUT2D eigenvalue weighted by Gasteiger charge is -2.07. The number of rotatable bonds is 3. The van der Waals surface area contributed by atoms with Gasteiger partial charge in [-0.05, 0) is 30.7 Å². The standard InChI is InChI=1S/C14H14ClNOS/c1-10-3-2-4-11(7-10)9-18(17)14-8-12(15)5-6-13(14)16/h2-8H,9,16H2,1H3. The maximum Gasteiger partial charge on any atom is 0.0635 e. The third-order valence-electron chi connectivity index (χ3n) is 2.60. The maximum absolute atomic E-state index is 12.3. The Morgan fingerprint density at radius 2 is 2.00 bits per heavy atom. The molecule has 0 aromatic heterocycles. The molecule has 4 heteroatoms. The number of halogens is 1. The molecule has 0 fully saturated rings. The number of benzene rings is 2. The molecule has 0 radical (unpaired) electrons. The van der Waals surface area contributed by atoms with Crippen molar-refractivity contribution in [1.29, 1.82) is 0 Å². The minimum absolute atomic E-state index is 0.451. The van der Waals surface area contributed by atoms with Gasteiger partial charge in [0.25, 0.3) is 0 Å². The number of anilines is 1. The van der Waals surface area contributed by atoms with Crippen LogP contribution in [0.5, 0.6) is 0 Å². The van der Waals surface area contributed by atoms with Crippen LogP contribution in [0.1, 0.15) is 11.1 Å². The summed E-state index contributed by atoms with van der Waals surface area (Å²) in [6.45, 7) is 2.01. The average Bonchev–Trinajstić information content (AvgIpc) is 2.32. The zero-order valence-corrected chi connectivity index (χ0v) is 11.6. The van der Waals surface area contributed by atoms with Gasteiger partial charge in [-0.2, -0.15) is 0 Å². The predicted octanol–water partition coefficient (Wildman–Crippen LogP) is 3.54. The van der Waals surface area contributed by atoms with E-state index in [-0.39, 0.29) is 0 Å². The quantitative estimate of drug-likeness (QED) is 0.874. The largest absolute Gasteiger partial charge is 0.398 e. The van der Waals surface area contributed by atoms with Gasteiger partial charge in [0.15, 0.2) is 0 Å². The van der Waals surface area contributed by atoms with E-state index in [0.717, 1.165) is 11.1 Å². The lowest BCUT2D eigenvalue weighted by atomic mass is 10.2. The van der Waals surface area contributed by atoms with Crippen molar-refractivity contribution in [1.82, 2.24) is 0 Å². The van der Waals surface area contributed by atoms with E-state index < -0.39 is 10.8 Å². The summed E-state index contributed by atoms with van der Waals surface area (Å²) in [6.07, 6.45) is 0. The van der Waals surface area contributed by atoms with Crippen molar-refractivity contribution in [2.24, 2.45) is 0 Å². The van der Waals surface area contributed by atoms with Crippen LogP contribution < -0.4 is 5.73 Å². The van der Waals surface area contributed by atoms with Crippen molar-refractivity contribution in [3.8, 4) is 0 Å². The van der Waals surface area contributed by atoms with Gasteiger partial charge in [0.2, 0.25) is 0 Å². The maximum atomic E-state index is 12.3. The van der Waals surface area contributed by atoms with Crippen molar-refractivity contribution in [3.63, 3.8) is 0 Å². The monoisotopic (exact) mass is 279 g/mol. The van der Waals surface area contributed by atoms with Gasteiger partial charge < -0.3 is 5.73 Å². The smallest absolute Gasteiger partial charge is 0.0635 e. The van der Waals surface area contributed by atoms with Crippen LogP contribution in [0.3, 0.4) is 0 Å². The zero-order chi connectivity index (χ0) is 13.1. The van der Waals surface area contributed by atoms with E-state index in [1.165, 1.54) is 0 Å². The van der Waals surface area contributed by atoms with Crippen molar-refractivity contribution in [2.75, 3.05) is 5.73 Å². The molecule has 1 atom stereocenters. The minimum atomic E-state index is -1.17. The fourth-order valence-corrected chi connectivity index (χ4v) is 3.20. The van der Waals surface area contributed by atoms with E-state index in [2.05, 4.69) is 0 Å². The molecule has 1 unspecified atom stereocenters. The van der Waals surface area contributed by atoms with E-state index in [4.69, 9.17) is 17.3 Å². The van der Waals surface area contributed by atoms with Crippen LogP contribution >= 0.6 is 11.6 Å². The van der Waals surface area contributed by atoms with Crippen molar-refractivity contribution in [3.05, 3.63) is 58.6 Å². The lowest BCUT2D eigenvalue weighted by Crippen LogP contribution is -2.01. The van der Waals surface area contributed by atoms with E-state index in [0.29, 0.717) is 21.4 Å². The minimum Gasteiger partial charge on any atom is -0.398 e. The molecule has 0 heterocycles. The Balaban J connectivity index is 2.24. The summed E-state index contributed by atoms with van der Waals surface area (Å²) < 4.78 is 12.3. The molecule has 0 bridgehead atoms. The van der Waals surface area contributed by atoms with Crippen LogP contribution in [0.15, 0.2) is 47.4 Å². The van der Waals surface area contributed by atoms with Gasteiger partial charge >= 0.3 is 0 Å². The van der Waals surface area contributed by atoms with Crippen molar-refractivity contribution in [2.45, 2.75) is 17.6 Å². The SMILES string of the molecule is Cc1cccc(CS(=O)c2cc(Cl)ccc2N)c1. The summed E-state index contributed by atoms with van der Waals surface area (Å²) in [6, 6.07) is 13.0. The van der Waals surface area contributed by atoms with Gasteiger partial charge in [0.05, 0.1) is 21.4 Å². The van der Waals surface area contributed by atoms with Crippen molar-refractivity contribution >= 4 is 28.1 Å². The van der Waals surface area contributed by atoms with E-state index in [1.54, 1.807) is 18.2 Å². The Kier molecular flexibility index (Phi) is 4.04. The first-order chi connectivity index (χ1) is 8.56. The molecule has 0 aliphatic rings. The van der Waals surface area contributed by atoms with Gasteiger partial charge in [-0.25, -0.2) is 0 Å². The molecule has 0 saturated heterocycles. The molecule has 0 aliphatic heterocycles. The van der Waals surface area contributed by atoms with Crippen molar-refractivity contribution < 1.29 is 4.21 Å². The summed E-state index contributed by atoms with van der Waals surface area (Å²) in [7, 11) is -1.17. The Morgan fingerprint density at radius 1 is 1.22 bits per heavy atom. The van der Waals surface area contributed by atoms with Crippen LogP contribution in [-0.2, 0) is 16.6 Å². The van der Waals surface area contributed by atoms with Gasteiger partial charge in [0.1, 0.15) is 0 Å². The Labute approximate surface area is 114 Å². The fraction of sp³-hybridized carbons (Fsp3) is 0.143. The Bertz CT molecular complexity index is 598. The molecule has 2 aromatic rings. The Hall–Kier alpha value is -1.32. The highest BCUT2D eigenvalue weighted by Crippen LogP contribution is 2.23. The molecule has 0 amide bonds. The van der Waals surface area contributed by atoms with Gasteiger partial charge in [0, 0.05) is 10.7 Å². The van der Waals surface area contributed by atoms with E-state index in [1.807, 2.05) is 31.2 Å². The summed E-state index contributed by atoms with van der Waals surface area (Å²) in [4.78, 5) is 0.601. The lowest BCUT2D eigenvalue weighted by molar-refractivity contribution is 0.683. The number of nitrogen functional groups attached to an aromatic ring is 1. The number of hydrogen-bond acceptors (Lipinski definition) is 2. The second-order valence-corrected chi connectivity index (χ2v) is 6.02. The molecule has 18 heavy (non-hydrogen) atoms. The van der Waals surface area contributed by atoms with Gasteiger partial charge in [-0.3, -0.25) is 4.21 Å². The molecule has 0 aliphatic carbocycles. The summed E-state index contributed by atoms with van der Waals surface area (Å²) in [5.74, 6) is 0.451. The first-order valence-corrected chi connectivity index (χ1v) is 7.25. The summed E-state index contributed by atoms with van der Waals surface area (Å²) >= 11 is 5.90. The highest BCUT2D eigenvalue weighted by molar-refractivity contribution is 7.84. The Morgan fingerprint density at radius 3 is 2.72 bits per heavy atom. The van der Waals surface area contributed by atoms with Gasteiger partial charge in [-0.15, -0.1) is 0 Å². The molecular weight excluding hydrogens is 266 g/mol. The molecule has 0 saturated carbocycles. The second-order valence-electron chi connectivity index (χ2n) is 4.16. The predicted molar refractivity (Wildman–Crippen MR) is 77.2 cm³/mol. The molecule has 2 N–H and O–H groups in total. The van der Waals surface area contributed by atoms with Gasteiger partial charge in [-0.1, -0.05) is 41.4 Å². The van der Waals surface area contributed by atoms with Crippen LogP contribution in [-0.4, -0.2) is 4.21 Å². The second kappa shape index (κ2) is 5.55. The average molecular weight is 280 g/mol. The first kappa shape index (κ1) is 13.1. The van der Waals surface area contributed by atoms with Crippen LogP contribution in [0.4, 0.5) is 5.69 Å². The summed E-state index contributed by atoms with van der Waals surface area (Å²) in [5, 5.41) is 0.553. The molecule has 0 spiro atoms. The molecule has 2 aromatic carbocycles. The molecule has 2 nitrogen and oxygen atoms in total. The van der Waals surface area contributed by atoms with Crippen LogP contribution in [0, 0.1) is 6.92 Å². The number of nitrogens with two attached hydrogens (primary N) is 1. The highest BCUT2D eigenvalue weighted by Gasteiger charge is 2.09. The summed E-state index contributed by atoms with van der Waals surface area (Å²) in [5.41, 5.74) is 8.53. The van der Waals surface area contributed by atoms with Crippen LogP contribution in [0.2, 0.25) is 5.02 Å². The topological polar surface area (TPSA) is 43.1 Å². The molecule has 2 rings (SSSR count). The third-order valence-corrected chi connectivity index (χ3v) is 4.28. The number of hydrogen-bond donors (Lipinski definition) is 1. The normalized spacial score (nSPS) is 12.3.